The van der Waals surface area contributed by atoms with Crippen LogP contribution in [0.4, 0.5) is 0 Å². The largest absolute Gasteiger partial charge is 0.393 e. The van der Waals surface area contributed by atoms with Crippen LogP contribution in [0.25, 0.3) is 0 Å². The van der Waals surface area contributed by atoms with E-state index in [0.29, 0.717) is 12.0 Å². The molecule has 18 heavy (non-hydrogen) atoms. The summed E-state index contributed by atoms with van der Waals surface area (Å²) in [5.41, 5.74) is 1.33. The fourth-order valence-corrected chi connectivity index (χ4v) is 3.44. The number of nitrogens with one attached hydrogen (secondary N) is 1. The molecule has 0 aromatic carbocycles. The fraction of sp³-hybridized carbons (Fsp3) is 0.867. The van der Waals surface area contributed by atoms with Gasteiger partial charge in [0.1, 0.15) is 0 Å². The minimum absolute atomic E-state index is 0.0652. The molecule has 1 saturated heterocycles. The van der Waals surface area contributed by atoms with Gasteiger partial charge >= 0.3 is 0 Å². The van der Waals surface area contributed by atoms with Crippen LogP contribution in [-0.2, 0) is 0 Å². The zero-order valence-electron chi connectivity index (χ0n) is 11.7. The number of aliphatic hydroxyl groups is 1. The van der Waals surface area contributed by atoms with Crippen LogP contribution in [0, 0.1) is 5.92 Å². The van der Waals surface area contributed by atoms with E-state index in [1.807, 2.05) is 0 Å². The first-order valence-electron chi connectivity index (χ1n) is 7.56. The van der Waals surface area contributed by atoms with Crippen molar-refractivity contribution in [2.24, 2.45) is 5.92 Å². The Morgan fingerprint density at radius 1 is 1.28 bits per heavy atom. The standard InChI is InChI=1S/C15H28N2O/c1-3-17(14-6-8-15(18)9-7-14)12(2)13-5-4-10-16-11-13/h13-16,18H,2-11H2,1H3. The lowest BCUT2D eigenvalue weighted by atomic mass is 9.89. The molecule has 0 amide bonds. The van der Waals surface area contributed by atoms with Gasteiger partial charge in [0.15, 0.2) is 0 Å². The monoisotopic (exact) mass is 252 g/mol. The Morgan fingerprint density at radius 3 is 2.56 bits per heavy atom. The normalized spacial score (nSPS) is 33.1. The highest BCUT2D eigenvalue weighted by Gasteiger charge is 2.28. The molecular formula is C15H28N2O. The quantitative estimate of drug-likeness (QED) is 0.804. The van der Waals surface area contributed by atoms with Crippen molar-refractivity contribution in [2.45, 2.75) is 57.6 Å². The summed E-state index contributed by atoms with van der Waals surface area (Å²) in [5, 5.41) is 13.1. The van der Waals surface area contributed by atoms with Crippen LogP contribution in [0.2, 0.25) is 0 Å². The Bertz CT molecular complexity index is 266. The van der Waals surface area contributed by atoms with Gasteiger partial charge in [0.05, 0.1) is 6.10 Å². The van der Waals surface area contributed by atoms with Crippen molar-refractivity contribution in [3.63, 3.8) is 0 Å². The van der Waals surface area contributed by atoms with E-state index in [1.54, 1.807) is 0 Å². The molecule has 0 aromatic rings. The highest BCUT2D eigenvalue weighted by Crippen LogP contribution is 2.29. The summed E-state index contributed by atoms with van der Waals surface area (Å²) in [6.45, 7) is 9.89. The van der Waals surface area contributed by atoms with Gasteiger partial charge in [0, 0.05) is 30.7 Å². The molecule has 3 nitrogen and oxygen atoms in total. The molecule has 1 unspecified atom stereocenters. The molecule has 1 aliphatic carbocycles. The lowest BCUT2D eigenvalue weighted by Crippen LogP contribution is -2.42. The third kappa shape index (κ3) is 3.27. The van der Waals surface area contributed by atoms with Gasteiger partial charge in [-0.3, -0.25) is 0 Å². The molecule has 2 fully saturated rings. The molecule has 0 aromatic heterocycles. The van der Waals surface area contributed by atoms with Gasteiger partial charge < -0.3 is 15.3 Å². The Labute approximate surface area is 111 Å². The first-order valence-corrected chi connectivity index (χ1v) is 7.56. The molecular weight excluding hydrogens is 224 g/mol. The zero-order valence-corrected chi connectivity index (χ0v) is 11.7. The molecule has 1 saturated carbocycles. The van der Waals surface area contributed by atoms with Crippen molar-refractivity contribution in [2.75, 3.05) is 19.6 Å². The topological polar surface area (TPSA) is 35.5 Å². The van der Waals surface area contributed by atoms with E-state index in [-0.39, 0.29) is 6.10 Å². The van der Waals surface area contributed by atoms with Crippen LogP contribution >= 0.6 is 0 Å². The second kappa shape index (κ2) is 6.58. The van der Waals surface area contributed by atoms with E-state index >= 15 is 0 Å². The van der Waals surface area contributed by atoms with Crippen molar-refractivity contribution < 1.29 is 5.11 Å². The van der Waals surface area contributed by atoms with Crippen LogP contribution in [0.15, 0.2) is 12.3 Å². The average Bonchev–Trinajstić information content (AvgIpc) is 2.42. The summed E-state index contributed by atoms with van der Waals surface area (Å²) in [7, 11) is 0. The summed E-state index contributed by atoms with van der Waals surface area (Å²) < 4.78 is 0. The zero-order chi connectivity index (χ0) is 13.0. The Kier molecular flexibility index (Phi) is 5.07. The van der Waals surface area contributed by atoms with Gasteiger partial charge in [-0.25, -0.2) is 0 Å². The lowest BCUT2D eigenvalue weighted by Gasteiger charge is -2.41. The van der Waals surface area contributed by atoms with Gasteiger partial charge in [-0.15, -0.1) is 0 Å². The molecule has 2 N–H and O–H groups in total. The molecule has 3 heteroatoms. The molecule has 2 rings (SSSR count). The number of hydrogen-bond donors (Lipinski definition) is 2. The van der Waals surface area contributed by atoms with Gasteiger partial charge in [-0.2, -0.15) is 0 Å². The minimum atomic E-state index is -0.0652. The Morgan fingerprint density at radius 2 is 2.00 bits per heavy atom. The van der Waals surface area contributed by atoms with Gasteiger partial charge in [-0.05, 0) is 52.0 Å². The summed E-state index contributed by atoms with van der Waals surface area (Å²) in [6, 6.07) is 0.604. The molecule has 1 aliphatic heterocycles. The second-order valence-corrected chi connectivity index (χ2v) is 5.78. The molecule has 0 radical (unpaired) electrons. The number of hydrogen-bond acceptors (Lipinski definition) is 3. The Balaban J connectivity index is 1.92. The SMILES string of the molecule is C=C(C1CCCNC1)N(CC)C1CCC(O)CC1. The summed E-state index contributed by atoms with van der Waals surface area (Å²) in [5.74, 6) is 0.616. The van der Waals surface area contributed by atoms with Crippen LogP contribution in [0.3, 0.4) is 0 Å². The predicted molar refractivity (Wildman–Crippen MR) is 75.4 cm³/mol. The van der Waals surface area contributed by atoms with Crippen LogP contribution in [-0.4, -0.2) is 41.8 Å². The third-order valence-electron chi connectivity index (χ3n) is 4.58. The molecule has 2 aliphatic rings. The summed E-state index contributed by atoms with van der Waals surface area (Å²) in [4.78, 5) is 2.50. The van der Waals surface area contributed by atoms with E-state index in [4.69, 9.17) is 0 Å². The molecule has 0 spiro atoms. The maximum Gasteiger partial charge on any atom is 0.0541 e. The maximum atomic E-state index is 9.62. The van der Waals surface area contributed by atoms with Crippen molar-refractivity contribution in [1.29, 1.82) is 0 Å². The third-order valence-corrected chi connectivity index (χ3v) is 4.58. The number of piperidine rings is 1. The second-order valence-electron chi connectivity index (χ2n) is 5.78. The van der Waals surface area contributed by atoms with Crippen LogP contribution < -0.4 is 5.32 Å². The van der Waals surface area contributed by atoms with Gasteiger partial charge in [0.25, 0.3) is 0 Å². The summed E-state index contributed by atoms with van der Waals surface area (Å²) >= 11 is 0. The highest BCUT2D eigenvalue weighted by atomic mass is 16.3. The first kappa shape index (κ1) is 13.9. The van der Waals surface area contributed by atoms with E-state index in [0.717, 1.165) is 45.3 Å². The fourth-order valence-electron chi connectivity index (χ4n) is 3.44. The summed E-state index contributed by atoms with van der Waals surface area (Å²) in [6.07, 6.45) is 6.63. The van der Waals surface area contributed by atoms with Crippen molar-refractivity contribution in [1.82, 2.24) is 10.2 Å². The number of aliphatic hydroxyl groups excluding tert-OH is 1. The Hall–Kier alpha value is -0.540. The minimum Gasteiger partial charge on any atom is -0.393 e. The van der Waals surface area contributed by atoms with E-state index in [2.05, 4.69) is 23.7 Å². The van der Waals surface area contributed by atoms with Crippen LogP contribution in [0.5, 0.6) is 0 Å². The van der Waals surface area contributed by atoms with Crippen molar-refractivity contribution >= 4 is 0 Å². The smallest absolute Gasteiger partial charge is 0.0541 e. The van der Waals surface area contributed by atoms with E-state index in [1.165, 1.54) is 18.5 Å². The molecule has 1 atom stereocenters. The predicted octanol–water partition coefficient (Wildman–Crippen LogP) is 2.13. The van der Waals surface area contributed by atoms with Gasteiger partial charge in [-0.1, -0.05) is 6.58 Å². The molecule has 1 heterocycles. The van der Waals surface area contributed by atoms with Crippen LogP contribution in [0.1, 0.15) is 45.4 Å². The van der Waals surface area contributed by atoms with Crippen molar-refractivity contribution in [3.8, 4) is 0 Å². The lowest BCUT2D eigenvalue weighted by molar-refractivity contribution is 0.0835. The van der Waals surface area contributed by atoms with E-state index in [9.17, 15) is 5.11 Å². The molecule has 104 valence electrons. The van der Waals surface area contributed by atoms with Gasteiger partial charge in [0.2, 0.25) is 0 Å². The van der Waals surface area contributed by atoms with E-state index < -0.39 is 0 Å². The maximum absolute atomic E-state index is 9.62. The molecule has 0 bridgehead atoms. The van der Waals surface area contributed by atoms with Crippen molar-refractivity contribution in [3.05, 3.63) is 12.3 Å². The average molecular weight is 252 g/mol. The number of nitrogens with zero attached hydrogens (tertiary/aromatic N) is 1. The first-order chi connectivity index (χ1) is 8.72. The number of rotatable bonds is 4. The highest BCUT2D eigenvalue weighted by molar-refractivity contribution is 5.04.